The second-order valence-corrected chi connectivity index (χ2v) is 9.34. The van der Waals surface area contributed by atoms with Gasteiger partial charge in [0, 0.05) is 11.6 Å². The summed E-state index contributed by atoms with van der Waals surface area (Å²) in [7, 11) is -3.64. The fourth-order valence-corrected chi connectivity index (χ4v) is 4.30. The normalized spacial score (nSPS) is 13.2. The zero-order chi connectivity index (χ0) is 17.2. The average molecular weight is 348 g/mol. The smallest absolute Gasteiger partial charge is 0.241 e. The highest BCUT2D eigenvalue weighted by Gasteiger charge is 2.30. The number of halogens is 1. The van der Waals surface area contributed by atoms with Gasteiger partial charge in [-0.05, 0) is 44.7 Å². The molecular weight excluding hydrogens is 322 g/mol. The van der Waals surface area contributed by atoms with Crippen molar-refractivity contribution in [3.63, 3.8) is 0 Å². The van der Waals surface area contributed by atoms with Crippen molar-refractivity contribution >= 4 is 21.6 Å². The molecule has 6 heteroatoms. The van der Waals surface area contributed by atoms with Gasteiger partial charge < -0.3 is 4.74 Å². The molecule has 1 N–H and O–H groups in total. The fourth-order valence-electron chi connectivity index (χ4n) is 2.70. The van der Waals surface area contributed by atoms with Crippen molar-refractivity contribution in [1.82, 2.24) is 4.72 Å². The van der Waals surface area contributed by atoms with Gasteiger partial charge in [0.15, 0.2) is 0 Å². The van der Waals surface area contributed by atoms with Crippen LogP contribution in [0.3, 0.4) is 0 Å². The minimum absolute atomic E-state index is 0.0164. The molecule has 0 saturated carbocycles. The van der Waals surface area contributed by atoms with Crippen molar-refractivity contribution in [3.8, 4) is 5.75 Å². The topological polar surface area (TPSA) is 55.4 Å². The molecule has 1 aromatic rings. The van der Waals surface area contributed by atoms with E-state index in [9.17, 15) is 8.42 Å². The summed E-state index contributed by atoms with van der Waals surface area (Å²) in [5.41, 5.74) is -0.537. The third kappa shape index (κ3) is 5.78. The van der Waals surface area contributed by atoms with E-state index < -0.39 is 15.6 Å². The van der Waals surface area contributed by atoms with Gasteiger partial charge in [0.2, 0.25) is 10.0 Å². The molecule has 0 fully saturated rings. The van der Waals surface area contributed by atoms with Crippen molar-refractivity contribution in [2.24, 2.45) is 5.41 Å². The quantitative estimate of drug-likeness (QED) is 0.837. The molecule has 0 bridgehead atoms. The van der Waals surface area contributed by atoms with Crippen molar-refractivity contribution in [3.05, 3.63) is 23.2 Å². The summed E-state index contributed by atoms with van der Waals surface area (Å²) in [6, 6.07) is 4.49. The third-order valence-corrected chi connectivity index (χ3v) is 4.90. The molecule has 0 heterocycles. The second kappa shape index (κ2) is 6.77. The molecule has 0 aromatic heterocycles. The summed E-state index contributed by atoms with van der Waals surface area (Å²) in [6.07, 6.45) is 0.713. The zero-order valence-corrected chi connectivity index (χ0v) is 15.7. The molecule has 0 atom stereocenters. The number of ether oxygens (including phenoxy) is 1. The third-order valence-electron chi connectivity index (χ3n) is 2.90. The van der Waals surface area contributed by atoms with Crippen LogP contribution in [0.2, 0.25) is 5.02 Å². The van der Waals surface area contributed by atoms with Crippen molar-refractivity contribution in [1.29, 1.82) is 0 Å². The molecule has 0 aliphatic carbocycles. The van der Waals surface area contributed by atoms with E-state index >= 15 is 0 Å². The highest BCUT2D eigenvalue weighted by atomic mass is 35.5. The van der Waals surface area contributed by atoms with E-state index in [4.69, 9.17) is 16.3 Å². The van der Waals surface area contributed by atoms with Crippen LogP contribution in [0.15, 0.2) is 23.1 Å². The standard InChI is InChI=1S/C16H26ClNO3S/c1-7-21-14-10-12(8-9-13(14)17)22(19,20)18-16(5,6)11-15(2,3)4/h8-10,18H,7,11H2,1-6H3. The molecule has 1 aromatic carbocycles. The van der Waals surface area contributed by atoms with E-state index in [1.807, 2.05) is 20.8 Å². The summed E-state index contributed by atoms with van der Waals surface area (Å²) in [6.45, 7) is 12.3. The number of hydrogen-bond donors (Lipinski definition) is 1. The van der Waals surface area contributed by atoms with Gasteiger partial charge in [-0.3, -0.25) is 0 Å². The highest BCUT2D eigenvalue weighted by Crippen LogP contribution is 2.30. The Balaban J connectivity index is 3.07. The molecule has 126 valence electrons. The van der Waals surface area contributed by atoms with E-state index in [1.165, 1.54) is 18.2 Å². The van der Waals surface area contributed by atoms with Crippen LogP contribution in [0, 0.1) is 5.41 Å². The predicted octanol–water partition coefficient (Wildman–Crippen LogP) is 4.23. The van der Waals surface area contributed by atoms with Crippen LogP contribution in [0.5, 0.6) is 5.75 Å². The minimum Gasteiger partial charge on any atom is -0.492 e. The first-order valence-electron chi connectivity index (χ1n) is 7.33. The summed E-state index contributed by atoms with van der Waals surface area (Å²) < 4.78 is 33.3. The average Bonchev–Trinajstić information content (AvgIpc) is 2.27. The first-order valence-corrected chi connectivity index (χ1v) is 9.19. The van der Waals surface area contributed by atoms with Crippen LogP contribution >= 0.6 is 11.6 Å². The number of hydrogen-bond acceptors (Lipinski definition) is 3. The molecule has 0 saturated heterocycles. The Labute approximate surface area is 139 Å². The molecule has 0 spiro atoms. The molecule has 0 amide bonds. The van der Waals surface area contributed by atoms with Crippen molar-refractivity contribution in [2.45, 2.75) is 58.4 Å². The van der Waals surface area contributed by atoms with Crippen molar-refractivity contribution in [2.75, 3.05) is 6.61 Å². The highest BCUT2D eigenvalue weighted by molar-refractivity contribution is 7.89. The maximum Gasteiger partial charge on any atom is 0.241 e. The van der Waals surface area contributed by atoms with E-state index in [0.29, 0.717) is 23.8 Å². The van der Waals surface area contributed by atoms with Gasteiger partial charge in [0.1, 0.15) is 5.75 Å². The Bertz CT molecular complexity index is 619. The Hall–Kier alpha value is -0.780. The molecular formula is C16H26ClNO3S. The molecule has 0 aliphatic heterocycles. The van der Waals surface area contributed by atoms with E-state index in [2.05, 4.69) is 25.5 Å². The van der Waals surface area contributed by atoms with Crippen LogP contribution < -0.4 is 9.46 Å². The first kappa shape index (κ1) is 19.3. The summed E-state index contributed by atoms with van der Waals surface area (Å²) >= 11 is 6.01. The predicted molar refractivity (Wildman–Crippen MR) is 91.1 cm³/mol. The van der Waals surface area contributed by atoms with Gasteiger partial charge in [0.05, 0.1) is 16.5 Å². The number of nitrogens with one attached hydrogen (secondary N) is 1. The largest absolute Gasteiger partial charge is 0.492 e. The van der Waals surface area contributed by atoms with Gasteiger partial charge in [0.25, 0.3) is 0 Å². The van der Waals surface area contributed by atoms with Gasteiger partial charge in [-0.15, -0.1) is 0 Å². The number of sulfonamides is 1. The summed E-state index contributed by atoms with van der Waals surface area (Å²) in [4.78, 5) is 0.155. The van der Waals surface area contributed by atoms with E-state index in [0.717, 1.165) is 0 Å². The number of rotatable bonds is 6. The van der Waals surface area contributed by atoms with Crippen LogP contribution in [-0.4, -0.2) is 20.6 Å². The lowest BCUT2D eigenvalue weighted by Gasteiger charge is -2.33. The molecule has 0 radical (unpaired) electrons. The summed E-state index contributed by atoms with van der Waals surface area (Å²) in [5.74, 6) is 0.376. The lowest BCUT2D eigenvalue weighted by molar-refractivity contribution is 0.269. The lowest BCUT2D eigenvalue weighted by Crippen LogP contribution is -2.45. The molecule has 0 aliphatic rings. The molecule has 0 unspecified atom stereocenters. The first-order chi connectivity index (χ1) is 9.86. The molecule has 4 nitrogen and oxygen atoms in total. The van der Waals surface area contributed by atoms with Gasteiger partial charge in [-0.2, -0.15) is 0 Å². The number of benzene rings is 1. The summed E-state index contributed by atoms with van der Waals surface area (Å²) in [5, 5.41) is 0.398. The maximum atomic E-state index is 12.6. The fraction of sp³-hybridized carbons (Fsp3) is 0.625. The molecule has 22 heavy (non-hydrogen) atoms. The van der Waals surface area contributed by atoms with Crippen LogP contribution in [0.1, 0.15) is 48.0 Å². The Kier molecular flexibility index (Phi) is 5.93. The van der Waals surface area contributed by atoms with Crippen LogP contribution in [0.25, 0.3) is 0 Å². The maximum absolute atomic E-state index is 12.6. The van der Waals surface area contributed by atoms with Gasteiger partial charge in [-0.1, -0.05) is 32.4 Å². The van der Waals surface area contributed by atoms with Crippen LogP contribution in [-0.2, 0) is 10.0 Å². The second-order valence-electron chi connectivity index (χ2n) is 7.25. The Morgan fingerprint density at radius 2 is 1.77 bits per heavy atom. The van der Waals surface area contributed by atoms with Crippen molar-refractivity contribution < 1.29 is 13.2 Å². The SMILES string of the molecule is CCOc1cc(S(=O)(=O)NC(C)(C)CC(C)(C)C)ccc1Cl. The zero-order valence-electron chi connectivity index (χ0n) is 14.2. The Morgan fingerprint density at radius 3 is 2.27 bits per heavy atom. The lowest BCUT2D eigenvalue weighted by atomic mass is 9.82. The molecule has 1 rings (SSSR count). The Morgan fingerprint density at radius 1 is 1.18 bits per heavy atom. The minimum atomic E-state index is -3.64. The van der Waals surface area contributed by atoms with Crippen LogP contribution in [0.4, 0.5) is 0 Å². The van der Waals surface area contributed by atoms with E-state index in [1.54, 1.807) is 0 Å². The van der Waals surface area contributed by atoms with Gasteiger partial charge in [-0.25, -0.2) is 13.1 Å². The van der Waals surface area contributed by atoms with Gasteiger partial charge >= 0.3 is 0 Å². The monoisotopic (exact) mass is 347 g/mol. The van der Waals surface area contributed by atoms with E-state index in [-0.39, 0.29) is 10.3 Å².